The number of amidine groups is 1. The minimum atomic E-state index is -0.323. The molecular formula is C35H32FN5O4. The monoisotopic (exact) mass is 605 g/mol. The highest BCUT2D eigenvalue weighted by Gasteiger charge is 2.43. The summed E-state index contributed by atoms with van der Waals surface area (Å²) in [7, 11) is 1.60. The van der Waals surface area contributed by atoms with E-state index in [1.807, 2.05) is 48.6 Å². The van der Waals surface area contributed by atoms with Crippen molar-refractivity contribution in [2.45, 2.75) is 18.9 Å². The number of methoxy groups -OCH3 is 1. The highest BCUT2D eigenvalue weighted by Crippen LogP contribution is 2.44. The average molecular weight is 606 g/mol. The van der Waals surface area contributed by atoms with Gasteiger partial charge in [0.1, 0.15) is 23.2 Å². The van der Waals surface area contributed by atoms with E-state index >= 15 is 0 Å². The normalized spacial score (nSPS) is 18.4. The molecule has 7 rings (SSSR count). The summed E-state index contributed by atoms with van der Waals surface area (Å²) in [5, 5.41) is 6.35. The zero-order valence-electron chi connectivity index (χ0n) is 24.8. The number of morpholine rings is 1. The number of carbonyl (C=O) groups excluding carboxylic acids is 2. The fourth-order valence-electron chi connectivity index (χ4n) is 5.73. The summed E-state index contributed by atoms with van der Waals surface area (Å²) >= 11 is 0. The third-order valence-corrected chi connectivity index (χ3v) is 8.26. The first-order chi connectivity index (χ1) is 21.9. The lowest BCUT2D eigenvalue weighted by atomic mass is 10.0. The van der Waals surface area contributed by atoms with E-state index in [0.717, 1.165) is 40.5 Å². The number of amides is 2. The van der Waals surface area contributed by atoms with Gasteiger partial charge in [-0.1, -0.05) is 24.3 Å². The van der Waals surface area contributed by atoms with Crippen molar-refractivity contribution in [1.29, 1.82) is 0 Å². The smallest absolute Gasteiger partial charge is 0.254 e. The molecule has 1 saturated heterocycles. The number of anilines is 2. The van der Waals surface area contributed by atoms with Gasteiger partial charge in [0.05, 0.1) is 38.5 Å². The fourth-order valence-corrected chi connectivity index (χ4v) is 5.73. The highest BCUT2D eigenvalue weighted by atomic mass is 19.1. The summed E-state index contributed by atoms with van der Waals surface area (Å²) < 4.78 is 24.2. The molecule has 2 amide bonds. The Morgan fingerprint density at radius 1 is 1.02 bits per heavy atom. The maximum absolute atomic E-state index is 13.1. The van der Waals surface area contributed by atoms with Crippen LogP contribution in [-0.4, -0.2) is 66.9 Å². The summed E-state index contributed by atoms with van der Waals surface area (Å²) in [6.45, 7) is 2.27. The second-order valence-corrected chi connectivity index (χ2v) is 11.3. The van der Waals surface area contributed by atoms with Crippen molar-refractivity contribution in [2.75, 3.05) is 44.0 Å². The number of nitrogens with zero attached hydrogens (tertiary/aromatic N) is 3. The lowest BCUT2D eigenvalue weighted by Crippen LogP contribution is -2.40. The second kappa shape index (κ2) is 12.0. The third kappa shape index (κ3) is 6.09. The van der Waals surface area contributed by atoms with Gasteiger partial charge >= 0.3 is 0 Å². The predicted molar refractivity (Wildman–Crippen MR) is 170 cm³/mol. The molecule has 1 aliphatic carbocycles. The van der Waals surface area contributed by atoms with E-state index in [1.54, 1.807) is 30.2 Å². The minimum Gasteiger partial charge on any atom is -0.495 e. The van der Waals surface area contributed by atoms with E-state index in [2.05, 4.69) is 21.7 Å². The number of carbonyl (C=O) groups is 2. The zero-order chi connectivity index (χ0) is 30.9. The van der Waals surface area contributed by atoms with Crippen molar-refractivity contribution in [3.8, 4) is 5.75 Å². The molecule has 0 aromatic heterocycles. The number of halogens is 1. The van der Waals surface area contributed by atoms with Crippen LogP contribution in [0.4, 0.5) is 15.8 Å². The van der Waals surface area contributed by atoms with Gasteiger partial charge in [-0.25, -0.2) is 9.38 Å². The number of aliphatic imine (C=N–C) groups is 1. The third-order valence-electron chi connectivity index (χ3n) is 8.26. The van der Waals surface area contributed by atoms with Gasteiger partial charge < -0.3 is 29.9 Å². The average Bonchev–Trinajstić information content (AvgIpc) is 3.88. The number of ether oxygens (including phenoxy) is 2. The molecule has 1 unspecified atom stereocenters. The number of hydrogen-bond acceptors (Lipinski definition) is 7. The Labute approximate surface area is 260 Å². The van der Waals surface area contributed by atoms with Gasteiger partial charge in [-0.05, 0) is 83.3 Å². The topological polar surface area (TPSA) is 95.5 Å². The Hall–Kier alpha value is -5.22. The summed E-state index contributed by atoms with van der Waals surface area (Å²) in [5.74, 6) is 1.72. The van der Waals surface area contributed by atoms with E-state index in [-0.39, 0.29) is 30.1 Å². The number of rotatable bonds is 8. The first-order valence-electron chi connectivity index (χ1n) is 14.9. The molecule has 0 bridgehead atoms. The van der Waals surface area contributed by atoms with Crippen LogP contribution in [0.5, 0.6) is 5.75 Å². The Morgan fingerprint density at radius 2 is 1.80 bits per heavy atom. The molecule has 0 radical (unpaired) electrons. The van der Waals surface area contributed by atoms with Gasteiger partial charge in [-0.3, -0.25) is 9.59 Å². The summed E-state index contributed by atoms with van der Waals surface area (Å²) in [6, 6.07) is 19.3. The van der Waals surface area contributed by atoms with Crippen LogP contribution in [0.25, 0.3) is 5.57 Å². The van der Waals surface area contributed by atoms with Crippen molar-refractivity contribution in [1.82, 2.24) is 9.80 Å². The van der Waals surface area contributed by atoms with E-state index in [0.29, 0.717) is 43.3 Å². The predicted octanol–water partition coefficient (Wildman–Crippen LogP) is 5.21. The number of fused-ring (bicyclic) bond motifs is 3. The summed E-state index contributed by atoms with van der Waals surface area (Å²) in [6.07, 6.45) is 7.22. The maximum Gasteiger partial charge on any atom is 0.254 e. The lowest BCUT2D eigenvalue weighted by molar-refractivity contribution is -0.115. The maximum atomic E-state index is 13.1. The lowest BCUT2D eigenvalue weighted by Gasteiger charge is -2.28. The summed E-state index contributed by atoms with van der Waals surface area (Å²) in [4.78, 5) is 34.3. The standard InChI is InChI=1S/C35H32FN5O4/c1-44-31-19-24(35(43)40-14-16-45-17-15-40)6-12-29(31)38-34-28-20-30(28)41-21-25(7-13-32(41)39-34)23-4-10-27(11-5-23)37-33(42)18-22-2-8-26(36)9-3-22/h2-13,19,21,30,38H,14-18,20H2,1H3,(H,37,42). The molecule has 1 atom stereocenters. The quantitative estimate of drug-likeness (QED) is 0.366. The molecule has 4 aliphatic rings. The van der Waals surface area contributed by atoms with Crippen LogP contribution in [-0.2, 0) is 16.0 Å². The van der Waals surface area contributed by atoms with Gasteiger partial charge in [-0.2, -0.15) is 0 Å². The molecule has 9 nitrogen and oxygen atoms in total. The number of benzene rings is 3. The van der Waals surface area contributed by atoms with Crippen LogP contribution in [0.3, 0.4) is 0 Å². The largest absolute Gasteiger partial charge is 0.495 e. The number of hydrogen-bond donors (Lipinski definition) is 2. The molecule has 3 aromatic rings. The van der Waals surface area contributed by atoms with Crippen LogP contribution in [0.1, 0.15) is 27.9 Å². The molecule has 10 heteroatoms. The van der Waals surface area contributed by atoms with Crippen molar-refractivity contribution in [3.05, 3.63) is 119 Å². The Morgan fingerprint density at radius 3 is 2.56 bits per heavy atom. The Kier molecular flexibility index (Phi) is 7.64. The molecule has 0 spiro atoms. The first kappa shape index (κ1) is 28.5. The van der Waals surface area contributed by atoms with Gasteiger partial charge in [-0.15, -0.1) is 0 Å². The van der Waals surface area contributed by atoms with Crippen molar-refractivity contribution < 1.29 is 23.5 Å². The molecule has 3 aromatic carbocycles. The second-order valence-electron chi connectivity index (χ2n) is 11.3. The van der Waals surface area contributed by atoms with Crippen LogP contribution in [0.15, 0.2) is 101 Å². The van der Waals surface area contributed by atoms with E-state index in [4.69, 9.17) is 14.5 Å². The van der Waals surface area contributed by atoms with E-state index < -0.39 is 0 Å². The SMILES string of the molecule is COc1cc(C(=O)N2CCOCC2)ccc1NC1=C2CC2N2C=C(c3ccc(NC(=O)Cc4ccc(F)cc4)cc3)C=CC2=N1. The van der Waals surface area contributed by atoms with Crippen LogP contribution < -0.4 is 15.4 Å². The van der Waals surface area contributed by atoms with Crippen LogP contribution in [0.2, 0.25) is 0 Å². The van der Waals surface area contributed by atoms with Crippen LogP contribution in [0, 0.1) is 5.82 Å². The Bertz CT molecular complexity index is 1770. The molecule has 2 fully saturated rings. The van der Waals surface area contributed by atoms with E-state index in [1.165, 1.54) is 17.7 Å². The van der Waals surface area contributed by atoms with Crippen molar-refractivity contribution in [2.24, 2.45) is 4.99 Å². The molecule has 1 saturated carbocycles. The minimum absolute atomic E-state index is 0.0304. The highest BCUT2D eigenvalue weighted by molar-refractivity contribution is 6.02. The van der Waals surface area contributed by atoms with Gasteiger partial charge in [0.25, 0.3) is 5.91 Å². The molecule has 228 valence electrons. The Balaban J connectivity index is 1.00. The molecule has 3 aliphatic heterocycles. The van der Waals surface area contributed by atoms with Crippen molar-refractivity contribution in [3.63, 3.8) is 0 Å². The number of allylic oxidation sites excluding steroid dienone is 2. The van der Waals surface area contributed by atoms with Gasteiger partial charge in [0.2, 0.25) is 5.91 Å². The van der Waals surface area contributed by atoms with Gasteiger partial charge in [0, 0.05) is 30.5 Å². The zero-order valence-corrected chi connectivity index (χ0v) is 24.8. The molecule has 45 heavy (non-hydrogen) atoms. The molecule has 3 heterocycles. The number of nitrogens with one attached hydrogen (secondary N) is 2. The fraction of sp³-hybridized carbons (Fsp3) is 0.229. The van der Waals surface area contributed by atoms with Crippen LogP contribution >= 0.6 is 0 Å². The molecule has 2 N–H and O–H groups in total. The van der Waals surface area contributed by atoms with E-state index in [9.17, 15) is 14.0 Å². The molecular weight excluding hydrogens is 573 g/mol. The van der Waals surface area contributed by atoms with Gasteiger partial charge in [0.15, 0.2) is 0 Å². The van der Waals surface area contributed by atoms with Crippen molar-refractivity contribution >= 4 is 34.6 Å². The first-order valence-corrected chi connectivity index (χ1v) is 14.9. The summed E-state index contributed by atoms with van der Waals surface area (Å²) in [5.41, 5.74) is 6.06.